The molecule has 0 radical (unpaired) electrons. The fourth-order valence-corrected chi connectivity index (χ4v) is 9.14. The maximum absolute atomic E-state index is 16.8. The van der Waals surface area contributed by atoms with Crippen LogP contribution in [0, 0.1) is 11.7 Å². The number of piperidine rings is 1. The third kappa shape index (κ3) is 4.72. The summed E-state index contributed by atoms with van der Waals surface area (Å²) in [4.78, 5) is 27.3. The molecule has 12 heteroatoms. The number of likely N-dealkylation sites (tertiary alicyclic amines) is 1. The molecule has 7 nitrogen and oxygen atoms in total. The van der Waals surface area contributed by atoms with Crippen LogP contribution in [0.25, 0.3) is 0 Å². The van der Waals surface area contributed by atoms with Crippen molar-refractivity contribution in [2.45, 2.75) is 55.7 Å². The third-order valence-electron chi connectivity index (χ3n) is 8.96. The molecule has 42 heavy (non-hydrogen) atoms. The number of sulfonamides is 1. The number of carbonyl (C=O) groups excluding carboxylic acids is 2. The molecule has 2 fully saturated rings. The van der Waals surface area contributed by atoms with Crippen molar-refractivity contribution in [2.75, 3.05) is 22.7 Å². The van der Waals surface area contributed by atoms with Gasteiger partial charge in [-0.1, -0.05) is 35.3 Å². The molecule has 0 bridgehead atoms. The van der Waals surface area contributed by atoms with Gasteiger partial charge >= 0.3 is 0 Å². The Balaban J connectivity index is 1.48. The van der Waals surface area contributed by atoms with Gasteiger partial charge in [0.05, 0.1) is 33.0 Å². The molecule has 1 N–H and O–H groups in total. The molecule has 2 atom stereocenters. The quantitative estimate of drug-likeness (QED) is 0.413. The summed E-state index contributed by atoms with van der Waals surface area (Å²) < 4.78 is 60.5. The smallest absolute Gasteiger partial charge is 0.258 e. The van der Waals surface area contributed by atoms with Crippen LogP contribution < -0.4 is 9.62 Å². The van der Waals surface area contributed by atoms with Crippen LogP contribution in [0.2, 0.25) is 10.0 Å². The number of fused-ring (bicyclic) bond motifs is 2. The van der Waals surface area contributed by atoms with Crippen LogP contribution in [0.1, 0.15) is 54.9 Å². The van der Waals surface area contributed by atoms with Gasteiger partial charge in [0.25, 0.3) is 5.91 Å². The van der Waals surface area contributed by atoms with Gasteiger partial charge in [-0.3, -0.25) is 13.9 Å². The van der Waals surface area contributed by atoms with E-state index in [0.29, 0.717) is 25.9 Å². The van der Waals surface area contributed by atoms with E-state index in [0.717, 1.165) is 18.9 Å². The van der Waals surface area contributed by atoms with E-state index >= 15 is 4.39 Å². The van der Waals surface area contributed by atoms with Gasteiger partial charge in [0, 0.05) is 31.0 Å². The first-order chi connectivity index (χ1) is 20.0. The second-order valence-corrected chi connectivity index (χ2v) is 14.2. The highest BCUT2D eigenvalue weighted by Crippen LogP contribution is 2.60. The molecule has 2 amide bonds. The number of rotatable bonds is 5. The van der Waals surface area contributed by atoms with E-state index in [1.165, 1.54) is 35.5 Å². The first-order valence-corrected chi connectivity index (χ1v) is 16.1. The van der Waals surface area contributed by atoms with E-state index in [1.54, 1.807) is 23.1 Å². The number of hydrogen-bond acceptors (Lipinski definition) is 4. The normalized spacial score (nSPS) is 23.1. The molecule has 222 valence electrons. The van der Waals surface area contributed by atoms with Crippen molar-refractivity contribution in [1.29, 1.82) is 0 Å². The second-order valence-electron chi connectivity index (χ2n) is 11.4. The zero-order valence-electron chi connectivity index (χ0n) is 22.7. The van der Waals surface area contributed by atoms with Crippen LogP contribution in [0.3, 0.4) is 0 Å². The summed E-state index contributed by atoms with van der Waals surface area (Å²) >= 11 is 12.3. The summed E-state index contributed by atoms with van der Waals surface area (Å²) in [7, 11) is -4.11. The van der Waals surface area contributed by atoms with Crippen molar-refractivity contribution < 1.29 is 26.8 Å². The molecule has 2 aromatic rings. The van der Waals surface area contributed by atoms with Gasteiger partial charge in [-0.2, -0.15) is 0 Å². The van der Waals surface area contributed by atoms with Gasteiger partial charge in [-0.05, 0) is 74.4 Å². The molecular weight excluding hydrogens is 607 g/mol. The monoisotopic (exact) mass is 635 g/mol. The van der Waals surface area contributed by atoms with Crippen molar-refractivity contribution in [1.82, 2.24) is 4.90 Å². The molecule has 2 unspecified atom stereocenters. The number of nitrogens with one attached hydrogen (secondary N) is 1. The standard InChI is InChI=1S/C30H29Cl2F2N3O4S/c1-17(38)36-15-13-30(14-16-36)25-24(12-11-21(27(25)34)29(39)35-23-4-2-3-22(31)26(23)32)37(28(30)18-5-6-18)42(40,41)20-9-7-19(33)8-10-20/h2-4,7-9,11-12,18,20,28H,5-6,10,13-16H2,1H3,(H,35,39). The Labute approximate surface area is 253 Å². The Kier molecular flexibility index (Phi) is 7.38. The Morgan fingerprint density at radius 3 is 2.40 bits per heavy atom. The van der Waals surface area contributed by atoms with E-state index in [1.807, 2.05) is 0 Å². The highest BCUT2D eigenvalue weighted by Gasteiger charge is 2.62. The minimum absolute atomic E-state index is 0.0159. The summed E-state index contributed by atoms with van der Waals surface area (Å²) in [6.07, 6.45) is 5.91. The Morgan fingerprint density at radius 1 is 1.07 bits per heavy atom. The second kappa shape index (κ2) is 10.6. The van der Waals surface area contributed by atoms with Crippen LogP contribution in [0.5, 0.6) is 0 Å². The lowest BCUT2D eigenvalue weighted by Crippen LogP contribution is -2.55. The zero-order chi connectivity index (χ0) is 30.0. The number of amides is 2. The third-order valence-corrected chi connectivity index (χ3v) is 11.9. The summed E-state index contributed by atoms with van der Waals surface area (Å²) in [5.74, 6) is -2.18. The summed E-state index contributed by atoms with van der Waals surface area (Å²) in [5, 5.41) is 1.94. The number of anilines is 2. The summed E-state index contributed by atoms with van der Waals surface area (Å²) in [6.45, 7) is 2.13. The lowest BCUT2D eigenvalue weighted by Gasteiger charge is -2.45. The van der Waals surface area contributed by atoms with Crippen molar-refractivity contribution >= 4 is 56.4 Å². The maximum Gasteiger partial charge on any atom is 0.258 e. The summed E-state index contributed by atoms with van der Waals surface area (Å²) in [5.41, 5.74) is -0.625. The highest BCUT2D eigenvalue weighted by atomic mass is 35.5. The van der Waals surface area contributed by atoms with Crippen molar-refractivity contribution in [2.24, 2.45) is 5.92 Å². The van der Waals surface area contributed by atoms with Crippen molar-refractivity contribution in [3.05, 3.63) is 81.4 Å². The fourth-order valence-electron chi connectivity index (χ4n) is 6.77. The molecule has 0 aromatic heterocycles. The molecule has 2 aliphatic carbocycles. The topological polar surface area (TPSA) is 86.8 Å². The molecule has 1 spiro atoms. The van der Waals surface area contributed by atoms with Crippen LogP contribution in [-0.2, 0) is 20.2 Å². The average Bonchev–Trinajstić information content (AvgIpc) is 3.75. The first kappa shape index (κ1) is 29.1. The minimum atomic E-state index is -4.11. The number of benzene rings is 2. The Bertz CT molecular complexity index is 1650. The van der Waals surface area contributed by atoms with Gasteiger partial charge in [-0.25, -0.2) is 17.2 Å². The van der Waals surface area contributed by atoms with Crippen LogP contribution in [-0.4, -0.2) is 49.5 Å². The molecular formula is C30H29Cl2F2N3O4S. The Hall–Kier alpha value is -2.95. The van der Waals surface area contributed by atoms with Crippen molar-refractivity contribution in [3.8, 4) is 0 Å². The number of hydrogen-bond donors (Lipinski definition) is 1. The minimum Gasteiger partial charge on any atom is -0.343 e. The van der Waals surface area contributed by atoms with Crippen LogP contribution in [0.15, 0.2) is 54.4 Å². The lowest BCUT2D eigenvalue weighted by molar-refractivity contribution is -0.130. The number of halogens is 4. The van der Waals surface area contributed by atoms with Gasteiger partial charge in [0.2, 0.25) is 15.9 Å². The van der Waals surface area contributed by atoms with E-state index in [4.69, 9.17) is 23.2 Å². The largest absolute Gasteiger partial charge is 0.343 e. The van der Waals surface area contributed by atoms with Gasteiger partial charge in [-0.15, -0.1) is 0 Å². The highest BCUT2D eigenvalue weighted by molar-refractivity contribution is 7.93. The molecule has 2 heterocycles. The molecule has 2 aliphatic heterocycles. The van der Waals surface area contributed by atoms with Gasteiger partial charge in [0.1, 0.15) is 16.9 Å². The van der Waals surface area contributed by atoms with Crippen LogP contribution in [0.4, 0.5) is 20.2 Å². The van der Waals surface area contributed by atoms with Crippen LogP contribution >= 0.6 is 23.2 Å². The summed E-state index contributed by atoms with van der Waals surface area (Å²) in [6, 6.07) is 6.90. The van der Waals surface area contributed by atoms with Gasteiger partial charge < -0.3 is 10.2 Å². The van der Waals surface area contributed by atoms with E-state index in [9.17, 15) is 22.4 Å². The number of allylic oxidation sites excluding steroid dienone is 3. The fraction of sp³-hybridized carbons (Fsp3) is 0.400. The van der Waals surface area contributed by atoms with Crippen molar-refractivity contribution in [3.63, 3.8) is 0 Å². The SMILES string of the molecule is CC(=O)N1CCC2(CC1)c1c(ccc(C(=O)Nc3cccc(Cl)c3Cl)c1F)N(S(=O)(=O)C1C=CC(F)=CC1)C2C1CC1. The maximum atomic E-state index is 16.8. The van der Waals surface area contributed by atoms with E-state index < -0.39 is 44.3 Å². The van der Waals surface area contributed by atoms with Gasteiger partial charge in [0.15, 0.2) is 0 Å². The molecule has 2 aromatic carbocycles. The molecule has 1 saturated carbocycles. The predicted octanol–water partition coefficient (Wildman–Crippen LogP) is 6.38. The average molecular weight is 637 g/mol. The molecule has 1 saturated heterocycles. The Morgan fingerprint density at radius 2 is 1.79 bits per heavy atom. The van der Waals surface area contributed by atoms with E-state index in [2.05, 4.69) is 5.32 Å². The number of nitrogens with zero attached hydrogens (tertiary/aromatic N) is 2. The lowest BCUT2D eigenvalue weighted by atomic mass is 9.67. The molecule has 6 rings (SSSR count). The predicted molar refractivity (Wildman–Crippen MR) is 159 cm³/mol. The van der Waals surface area contributed by atoms with E-state index in [-0.39, 0.29) is 50.8 Å². The zero-order valence-corrected chi connectivity index (χ0v) is 25.1. The number of carbonyl (C=O) groups is 2. The molecule has 4 aliphatic rings. The first-order valence-electron chi connectivity index (χ1n) is 13.9.